The maximum atomic E-state index is 13.9. The number of fused-ring (bicyclic) bond motifs is 1. The van der Waals surface area contributed by atoms with Gasteiger partial charge in [-0.25, -0.2) is 14.2 Å². The van der Waals surface area contributed by atoms with E-state index in [0.29, 0.717) is 48.2 Å². The number of rotatable bonds is 6. The summed E-state index contributed by atoms with van der Waals surface area (Å²) in [6, 6.07) is 1.94. The monoisotopic (exact) mass is 479 g/mol. The SMILES string of the molecule is Nc1c(Br)c(C2CCC(C(F)C(=O)O)CC2)nc2c(-c3ccn(CCO)c3)cnn12. The van der Waals surface area contributed by atoms with Crippen LogP contribution in [0.3, 0.4) is 0 Å². The highest BCUT2D eigenvalue weighted by molar-refractivity contribution is 9.10. The number of nitrogen functional groups attached to an aromatic ring is 1. The van der Waals surface area contributed by atoms with Crippen LogP contribution in [-0.4, -0.2) is 48.1 Å². The quantitative estimate of drug-likeness (QED) is 0.499. The summed E-state index contributed by atoms with van der Waals surface area (Å²) in [7, 11) is 0. The Morgan fingerprint density at radius 2 is 2.10 bits per heavy atom. The topological polar surface area (TPSA) is 119 Å². The Kier molecular flexibility index (Phi) is 5.79. The van der Waals surface area contributed by atoms with Crippen molar-refractivity contribution in [1.29, 1.82) is 0 Å². The van der Waals surface area contributed by atoms with Crippen molar-refractivity contribution < 1.29 is 19.4 Å². The van der Waals surface area contributed by atoms with Crippen molar-refractivity contribution in [1.82, 2.24) is 19.2 Å². The molecule has 1 aliphatic carbocycles. The number of aliphatic hydroxyl groups is 1. The molecule has 1 fully saturated rings. The second-order valence-corrected chi connectivity index (χ2v) is 8.50. The molecule has 8 nitrogen and oxygen atoms in total. The molecule has 0 aromatic carbocycles. The number of aliphatic carboxylic acids is 1. The number of anilines is 1. The van der Waals surface area contributed by atoms with Crippen molar-refractivity contribution >= 4 is 33.4 Å². The predicted molar refractivity (Wildman–Crippen MR) is 113 cm³/mol. The van der Waals surface area contributed by atoms with Gasteiger partial charge in [0.15, 0.2) is 11.8 Å². The van der Waals surface area contributed by atoms with Gasteiger partial charge >= 0.3 is 5.97 Å². The van der Waals surface area contributed by atoms with Gasteiger partial charge in [0.25, 0.3) is 0 Å². The molecule has 3 heterocycles. The van der Waals surface area contributed by atoms with Gasteiger partial charge in [-0.3, -0.25) is 0 Å². The van der Waals surface area contributed by atoms with Gasteiger partial charge in [-0.1, -0.05) is 0 Å². The first-order valence-electron chi connectivity index (χ1n) is 9.87. The molecule has 3 aromatic rings. The number of carboxylic acid groups (broad SMARTS) is 1. The highest BCUT2D eigenvalue weighted by Crippen LogP contribution is 2.41. The van der Waals surface area contributed by atoms with Crippen molar-refractivity contribution in [3.8, 4) is 11.1 Å². The first-order chi connectivity index (χ1) is 14.4. The van der Waals surface area contributed by atoms with Gasteiger partial charge in [-0.15, -0.1) is 0 Å². The molecule has 10 heteroatoms. The lowest BCUT2D eigenvalue weighted by Crippen LogP contribution is -2.28. The van der Waals surface area contributed by atoms with Gasteiger partial charge in [0.05, 0.1) is 23.0 Å². The van der Waals surface area contributed by atoms with Gasteiger partial charge in [0.1, 0.15) is 5.82 Å². The van der Waals surface area contributed by atoms with Crippen LogP contribution in [0.25, 0.3) is 16.8 Å². The fourth-order valence-electron chi connectivity index (χ4n) is 4.23. The summed E-state index contributed by atoms with van der Waals surface area (Å²) in [4.78, 5) is 15.8. The molecule has 0 radical (unpaired) electrons. The van der Waals surface area contributed by atoms with Gasteiger partial charge in [0.2, 0.25) is 0 Å². The Balaban J connectivity index is 1.66. The normalized spacial score (nSPS) is 20.5. The molecule has 0 spiro atoms. The summed E-state index contributed by atoms with van der Waals surface area (Å²) >= 11 is 3.55. The summed E-state index contributed by atoms with van der Waals surface area (Å²) in [6.45, 7) is 0.552. The average molecular weight is 480 g/mol. The van der Waals surface area contributed by atoms with E-state index in [-0.39, 0.29) is 12.5 Å². The second kappa shape index (κ2) is 8.35. The highest BCUT2D eigenvalue weighted by Gasteiger charge is 2.34. The van der Waals surface area contributed by atoms with Gasteiger partial charge in [-0.05, 0) is 47.7 Å². The first-order valence-corrected chi connectivity index (χ1v) is 10.7. The molecular weight excluding hydrogens is 457 g/mol. The molecule has 30 heavy (non-hydrogen) atoms. The van der Waals surface area contributed by atoms with Crippen LogP contribution in [0.2, 0.25) is 0 Å². The standard InChI is InChI=1S/C20H23BrFN5O3/c21-15-17(12-3-1-11(2-4-12)16(22)20(29)30)25-19-14(9-24-27(19)18(15)23)13-5-6-26(10-13)7-8-28/h5-6,9-12,16,28H,1-4,7-8,23H2,(H,29,30). The lowest BCUT2D eigenvalue weighted by Gasteiger charge is -2.29. The van der Waals surface area contributed by atoms with Crippen LogP contribution in [0.5, 0.6) is 0 Å². The molecule has 4 N–H and O–H groups in total. The van der Waals surface area contributed by atoms with Crippen LogP contribution in [-0.2, 0) is 11.3 Å². The zero-order valence-electron chi connectivity index (χ0n) is 16.2. The van der Waals surface area contributed by atoms with E-state index in [9.17, 15) is 9.18 Å². The van der Waals surface area contributed by atoms with E-state index in [1.807, 2.05) is 23.0 Å². The average Bonchev–Trinajstić information content (AvgIpc) is 3.37. The molecule has 0 aliphatic heterocycles. The van der Waals surface area contributed by atoms with Crippen LogP contribution in [0.1, 0.15) is 37.3 Å². The van der Waals surface area contributed by atoms with Crippen molar-refractivity contribution in [2.45, 2.75) is 44.3 Å². The van der Waals surface area contributed by atoms with Crippen molar-refractivity contribution in [2.24, 2.45) is 5.92 Å². The minimum Gasteiger partial charge on any atom is -0.479 e. The molecule has 4 rings (SSSR count). The van der Waals surface area contributed by atoms with E-state index in [4.69, 9.17) is 20.9 Å². The number of carbonyl (C=O) groups is 1. The number of carboxylic acids is 1. The minimum atomic E-state index is -1.82. The number of hydrogen-bond donors (Lipinski definition) is 3. The molecule has 1 saturated carbocycles. The van der Waals surface area contributed by atoms with Gasteiger partial charge in [0, 0.05) is 41.9 Å². The summed E-state index contributed by atoms with van der Waals surface area (Å²) in [5.41, 5.74) is 9.49. The predicted octanol–water partition coefficient (Wildman–Crippen LogP) is 3.23. The van der Waals surface area contributed by atoms with E-state index in [1.165, 1.54) is 0 Å². The Morgan fingerprint density at radius 3 is 2.77 bits per heavy atom. The Bertz CT molecular complexity index is 1070. The van der Waals surface area contributed by atoms with E-state index >= 15 is 0 Å². The summed E-state index contributed by atoms with van der Waals surface area (Å²) in [5.74, 6) is -1.35. The lowest BCUT2D eigenvalue weighted by molar-refractivity contribution is -0.145. The maximum Gasteiger partial charge on any atom is 0.338 e. The molecule has 160 valence electrons. The number of aliphatic hydroxyl groups excluding tert-OH is 1. The number of aromatic nitrogens is 4. The third-order valence-electron chi connectivity index (χ3n) is 5.88. The van der Waals surface area contributed by atoms with E-state index in [2.05, 4.69) is 21.0 Å². The number of alkyl halides is 1. The molecule has 1 atom stereocenters. The molecule has 3 aromatic heterocycles. The second-order valence-electron chi connectivity index (χ2n) is 7.70. The molecule has 1 unspecified atom stereocenters. The first kappa shape index (κ1) is 20.8. The van der Waals surface area contributed by atoms with Crippen LogP contribution in [0.15, 0.2) is 29.1 Å². The zero-order valence-corrected chi connectivity index (χ0v) is 17.8. The summed E-state index contributed by atoms with van der Waals surface area (Å²) in [6.07, 6.45) is 5.98. The van der Waals surface area contributed by atoms with Gasteiger partial charge < -0.3 is 20.5 Å². The summed E-state index contributed by atoms with van der Waals surface area (Å²) < 4.78 is 18.0. The Hall–Kier alpha value is -2.46. The van der Waals surface area contributed by atoms with Crippen molar-refractivity contribution in [2.75, 3.05) is 12.3 Å². The lowest BCUT2D eigenvalue weighted by atomic mass is 9.78. The molecular formula is C20H23BrFN5O3. The van der Waals surface area contributed by atoms with Crippen LogP contribution in [0, 0.1) is 5.92 Å². The molecule has 1 aliphatic rings. The largest absolute Gasteiger partial charge is 0.479 e. The maximum absolute atomic E-state index is 13.9. The molecule has 0 bridgehead atoms. The Labute approximate surface area is 180 Å². The van der Waals surface area contributed by atoms with Crippen molar-refractivity contribution in [3.63, 3.8) is 0 Å². The zero-order chi connectivity index (χ0) is 21.4. The molecule has 0 amide bonds. The van der Waals surface area contributed by atoms with Crippen LogP contribution >= 0.6 is 15.9 Å². The highest BCUT2D eigenvalue weighted by atomic mass is 79.9. The fraction of sp³-hybridized carbons (Fsp3) is 0.450. The number of nitrogens with two attached hydrogens (primary N) is 1. The smallest absolute Gasteiger partial charge is 0.338 e. The van der Waals surface area contributed by atoms with Crippen LogP contribution < -0.4 is 5.73 Å². The third-order valence-corrected chi connectivity index (χ3v) is 6.69. The minimum absolute atomic E-state index is 0.0511. The van der Waals surface area contributed by atoms with E-state index in [1.54, 1.807) is 10.7 Å². The van der Waals surface area contributed by atoms with Crippen LogP contribution in [0.4, 0.5) is 10.2 Å². The van der Waals surface area contributed by atoms with E-state index in [0.717, 1.165) is 16.8 Å². The van der Waals surface area contributed by atoms with E-state index < -0.39 is 18.1 Å². The number of nitrogens with zero attached hydrogens (tertiary/aromatic N) is 4. The van der Waals surface area contributed by atoms with Crippen molar-refractivity contribution in [3.05, 3.63) is 34.8 Å². The fourth-order valence-corrected chi connectivity index (χ4v) is 4.81. The van der Waals surface area contributed by atoms with Gasteiger partial charge in [-0.2, -0.15) is 9.61 Å². The Morgan fingerprint density at radius 1 is 1.37 bits per heavy atom. The summed E-state index contributed by atoms with van der Waals surface area (Å²) in [5, 5.41) is 22.4. The number of halogens is 2. The number of hydrogen-bond acceptors (Lipinski definition) is 5. The third kappa shape index (κ3) is 3.69. The molecule has 0 saturated heterocycles.